The molecule has 3 aliphatic rings. The SMILES string of the molecule is CN(C)C(=O)N1C[C@H]2CN(c3cc(C4CC4)ncn3)C[C@@]2(C(=O)O)C1. The van der Waals surface area contributed by atoms with Crippen LogP contribution in [0.4, 0.5) is 10.6 Å². The van der Waals surface area contributed by atoms with Crippen molar-refractivity contribution < 1.29 is 14.7 Å². The lowest BCUT2D eigenvalue weighted by Gasteiger charge is -2.27. The molecule has 1 saturated carbocycles. The fraction of sp³-hybridized carbons (Fsp3) is 0.647. The average molecular weight is 345 g/mol. The molecular formula is C17H23N5O3. The van der Waals surface area contributed by atoms with E-state index in [0.29, 0.717) is 25.6 Å². The smallest absolute Gasteiger partial charge is 0.319 e. The normalized spacial score (nSPS) is 28.2. The van der Waals surface area contributed by atoms with Gasteiger partial charge in [-0.2, -0.15) is 0 Å². The molecule has 0 unspecified atom stereocenters. The van der Waals surface area contributed by atoms with Crippen LogP contribution in [0.3, 0.4) is 0 Å². The number of anilines is 1. The molecule has 134 valence electrons. The minimum Gasteiger partial charge on any atom is -0.481 e. The molecule has 2 amide bonds. The highest BCUT2D eigenvalue weighted by Crippen LogP contribution is 2.45. The lowest BCUT2D eigenvalue weighted by atomic mass is 9.81. The average Bonchev–Trinajstić information content (AvgIpc) is 3.27. The van der Waals surface area contributed by atoms with Crippen molar-refractivity contribution >= 4 is 17.8 Å². The number of carbonyl (C=O) groups is 2. The molecule has 3 fully saturated rings. The van der Waals surface area contributed by atoms with Crippen LogP contribution < -0.4 is 4.90 Å². The van der Waals surface area contributed by atoms with Gasteiger partial charge in [-0.05, 0) is 12.8 Å². The van der Waals surface area contributed by atoms with Crippen molar-refractivity contribution in [2.24, 2.45) is 11.3 Å². The van der Waals surface area contributed by atoms with E-state index in [4.69, 9.17) is 0 Å². The summed E-state index contributed by atoms with van der Waals surface area (Å²) in [6.45, 7) is 1.71. The van der Waals surface area contributed by atoms with Crippen LogP contribution in [0.5, 0.6) is 0 Å². The van der Waals surface area contributed by atoms with E-state index in [0.717, 1.165) is 11.5 Å². The van der Waals surface area contributed by atoms with Crippen LogP contribution >= 0.6 is 0 Å². The summed E-state index contributed by atoms with van der Waals surface area (Å²) in [5, 5.41) is 9.92. The topological polar surface area (TPSA) is 89.9 Å². The van der Waals surface area contributed by atoms with Gasteiger partial charge >= 0.3 is 12.0 Å². The van der Waals surface area contributed by atoms with Gasteiger partial charge in [-0.15, -0.1) is 0 Å². The first-order valence-corrected chi connectivity index (χ1v) is 8.67. The standard InChI is InChI=1S/C17H23N5O3/c1-20(2)16(25)22-7-12-6-21(8-17(12,9-22)15(23)24)14-5-13(11-3-4-11)18-10-19-14/h5,10-12H,3-4,6-9H2,1-2H3,(H,23,24)/t12-,17-/m1/s1. The van der Waals surface area contributed by atoms with Crippen molar-refractivity contribution in [1.82, 2.24) is 19.8 Å². The zero-order valence-corrected chi connectivity index (χ0v) is 14.6. The van der Waals surface area contributed by atoms with E-state index in [9.17, 15) is 14.7 Å². The van der Waals surface area contributed by atoms with Gasteiger partial charge in [-0.3, -0.25) is 4.79 Å². The highest BCUT2D eigenvalue weighted by Gasteiger charge is 2.59. The van der Waals surface area contributed by atoms with Gasteiger partial charge in [-0.1, -0.05) is 0 Å². The van der Waals surface area contributed by atoms with E-state index in [2.05, 4.69) is 9.97 Å². The van der Waals surface area contributed by atoms with Crippen LogP contribution in [0.25, 0.3) is 0 Å². The Morgan fingerprint density at radius 1 is 1.24 bits per heavy atom. The second-order valence-electron chi connectivity index (χ2n) is 7.67. The van der Waals surface area contributed by atoms with Gasteiger partial charge in [0.05, 0.1) is 0 Å². The summed E-state index contributed by atoms with van der Waals surface area (Å²) in [4.78, 5) is 38.2. The molecule has 2 saturated heterocycles. The van der Waals surface area contributed by atoms with Gasteiger partial charge in [0.1, 0.15) is 17.6 Å². The van der Waals surface area contributed by atoms with E-state index >= 15 is 0 Å². The summed E-state index contributed by atoms with van der Waals surface area (Å²) in [5.41, 5.74) is 0.131. The number of hydrogen-bond donors (Lipinski definition) is 1. The largest absolute Gasteiger partial charge is 0.481 e. The molecule has 8 heteroatoms. The Labute approximate surface area is 146 Å². The Bertz CT molecular complexity index is 720. The van der Waals surface area contributed by atoms with Crippen LogP contribution in [-0.2, 0) is 4.79 Å². The first-order chi connectivity index (χ1) is 11.9. The second kappa shape index (κ2) is 5.57. The summed E-state index contributed by atoms with van der Waals surface area (Å²) in [5.74, 6) is 0.418. The predicted molar refractivity (Wildman–Crippen MR) is 90.4 cm³/mol. The maximum absolute atomic E-state index is 12.2. The van der Waals surface area contributed by atoms with Gasteiger partial charge in [-0.25, -0.2) is 14.8 Å². The number of hydrogen-bond acceptors (Lipinski definition) is 5. The van der Waals surface area contributed by atoms with Gasteiger partial charge in [0.25, 0.3) is 0 Å². The number of nitrogens with zero attached hydrogens (tertiary/aromatic N) is 5. The molecule has 0 aromatic carbocycles. The van der Waals surface area contributed by atoms with Crippen LogP contribution in [0.1, 0.15) is 24.5 Å². The van der Waals surface area contributed by atoms with Gasteiger partial charge in [0.2, 0.25) is 0 Å². The molecule has 2 atom stereocenters. The van der Waals surface area contributed by atoms with Crippen molar-refractivity contribution in [3.63, 3.8) is 0 Å². The molecule has 0 bridgehead atoms. The maximum Gasteiger partial charge on any atom is 0.319 e. The summed E-state index contributed by atoms with van der Waals surface area (Å²) in [6.07, 6.45) is 3.91. The molecule has 2 aliphatic heterocycles. The summed E-state index contributed by atoms with van der Waals surface area (Å²) in [6, 6.07) is 1.87. The van der Waals surface area contributed by atoms with Crippen LogP contribution in [-0.4, -0.2) is 77.1 Å². The molecule has 4 rings (SSSR count). The Kier molecular flexibility index (Phi) is 3.59. The van der Waals surface area contributed by atoms with E-state index in [1.165, 1.54) is 17.7 Å². The third-order valence-corrected chi connectivity index (χ3v) is 5.68. The number of aromatic nitrogens is 2. The molecule has 3 heterocycles. The number of carbonyl (C=O) groups excluding carboxylic acids is 1. The van der Waals surface area contributed by atoms with Crippen molar-refractivity contribution in [2.75, 3.05) is 45.2 Å². The lowest BCUT2D eigenvalue weighted by molar-refractivity contribution is -0.148. The third-order valence-electron chi connectivity index (χ3n) is 5.68. The molecule has 1 aromatic heterocycles. The number of rotatable bonds is 3. The van der Waals surface area contributed by atoms with Crippen molar-refractivity contribution in [3.05, 3.63) is 18.1 Å². The highest BCUT2D eigenvalue weighted by molar-refractivity contribution is 5.81. The third kappa shape index (κ3) is 2.60. The van der Waals surface area contributed by atoms with E-state index in [1.807, 2.05) is 11.0 Å². The van der Waals surface area contributed by atoms with Crippen LogP contribution in [0, 0.1) is 11.3 Å². The molecular weight excluding hydrogens is 322 g/mol. The van der Waals surface area contributed by atoms with Gasteiger partial charge in [0, 0.05) is 63.9 Å². The predicted octanol–water partition coefficient (Wildman–Crippen LogP) is 0.858. The van der Waals surface area contributed by atoms with Crippen molar-refractivity contribution in [1.29, 1.82) is 0 Å². The Balaban J connectivity index is 1.56. The molecule has 1 aromatic rings. The van der Waals surface area contributed by atoms with Crippen LogP contribution in [0.15, 0.2) is 12.4 Å². The minimum absolute atomic E-state index is 0.0896. The number of amides is 2. The van der Waals surface area contributed by atoms with Crippen molar-refractivity contribution in [2.45, 2.75) is 18.8 Å². The number of likely N-dealkylation sites (tertiary alicyclic amines) is 1. The Hall–Kier alpha value is -2.38. The van der Waals surface area contributed by atoms with Gasteiger partial charge < -0.3 is 19.8 Å². The highest BCUT2D eigenvalue weighted by atomic mass is 16.4. The molecule has 1 aliphatic carbocycles. The van der Waals surface area contributed by atoms with E-state index < -0.39 is 11.4 Å². The zero-order valence-electron chi connectivity index (χ0n) is 14.6. The minimum atomic E-state index is -0.920. The Morgan fingerprint density at radius 2 is 2.00 bits per heavy atom. The summed E-state index contributed by atoms with van der Waals surface area (Å²) < 4.78 is 0. The second-order valence-corrected chi connectivity index (χ2v) is 7.67. The van der Waals surface area contributed by atoms with Gasteiger partial charge in [0.15, 0.2) is 0 Å². The fourth-order valence-electron chi connectivity index (χ4n) is 4.11. The number of fused-ring (bicyclic) bond motifs is 1. The summed E-state index contributed by atoms with van der Waals surface area (Å²) >= 11 is 0. The number of carboxylic acids is 1. The van der Waals surface area contributed by atoms with E-state index in [-0.39, 0.29) is 18.5 Å². The molecule has 8 nitrogen and oxygen atoms in total. The maximum atomic E-state index is 12.2. The number of carboxylic acid groups (broad SMARTS) is 1. The molecule has 25 heavy (non-hydrogen) atoms. The summed E-state index contributed by atoms with van der Waals surface area (Å²) in [7, 11) is 3.38. The van der Waals surface area contributed by atoms with Crippen molar-refractivity contribution in [3.8, 4) is 0 Å². The monoisotopic (exact) mass is 345 g/mol. The molecule has 0 spiro atoms. The molecule has 1 N–H and O–H groups in total. The first kappa shape index (κ1) is 16.1. The fourth-order valence-corrected chi connectivity index (χ4v) is 4.11. The number of urea groups is 1. The molecule has 0 radical (unpaired) electrons. The quantitative estimate of drug-likeness (QED) is 0.874. The number of aliphatic carboxylic acids is 1. The Morgan fingerprint density at radius 3 is 2.60 bits per heavy atom. The van der Waals surface area contributed by atoms with Crippen LogP contribution in [0.2, 0.25) is 0 Å². The van der Waals surface area contributed by atoms with E-state index in [1.54, 1.807) is 25.3 Å². The zero-order chi connectivity index (χ0) is 17.8. The lowest BCUT2D eigenvalue weighted by Crippen LogP contribution is -2.44. The first-order valence-electron chi connectivity index (χ1n) is 8.67.